The van der Waals surface area contributed by atoms with E-state index in [-0.39, 0.29) is 22.4 Å². The Morgan fingerprint density at radius 3 is 2.10 bits per heavy atom. The minimum atomic E-state index is -0.334. The van der Waals surface area contributed by atoms with Gasteiger partial charge in [0, 0.05) is 5.92 Å². The molecular weight excluding hydrogens is 248 g/mol. The largest absolute Gasteiger partial charge is 0.459 e. The Balaban J connectivity index is 3.23. The van der Waals surface area contributed by atoms with Gasteiger partial charge in [0.2, 0.25) is 0 Å². The quantitative estimate of drug-likeness (QED) is 0.647. The van der Waals surface area contributed by atoms with Crippen molar-refractivity contribution in [1.29, 1.82) is 0 Å². The Morgan fingerprint density at radius 2 is 1.80 bits per heavy atom. The van der Waals surface area contributed by atoms with Crippen molar-refractivity contribution in [3.63, 3.8) is 0 Å². The van der Waals surface area contributed by atoms with Crippen LogP contribution in [0, 0.1) is 22.7 Å². The first-order valence-corrected chi connectivity index (χ1v) is 8.20. The van der Waals surface area contributed by atoms with Crippen LogP contribution in [0.5, 0.6) is 0 Å². The molecule has 0 aliphatic carbocycles. The number of carbonyl (C=O) groups excluding carboxylic acids is 1. The molecule has 1 rings (SSSR count). The maximum absolute atomic E-state index is 11.9. The highest BCUT2D eigenvalue weighted by atomic mass is 16.6. The number of hydrogen-bond donors (Lipinski definition) is 0. The lowest BCUT2D eigenvalue weighted by Gasteiger charge is -2.51. The van der Waals surface area contributed by atoms with Crippen LogP contribution in [-0.2, 0) is 9.53 Å². The first-order chi connectivity index (χ1) is 8.99. The Morgan fingerprint density at radius 1 is 1.25 bits per heavy atom. The zero-order valence-corrected chi connectivity index (χ0v) is 14.8. The summed E-state index contributed by atoms with van der Waals surface area (Å²) in [4.78, 5) is 11.9. The lowest BCUT2D eigenvalue weighted by atomic mass is 9.54. The van der Waals surface area contributed by atoms with Crippen LogP contribution in [0.3, 0.4) is 0 Å². The van der Waals surface area contributed by atoms with Crippen LogP contribution in [0.4, 0.5) is 0 Å². The Hall–Kier alpha value is -0.530. The number of cyclic esters (lactones) is 1. The minimum absolute atomic E-state index is 0.0221. The van der Waals surface area contributed by atoms with E-state index in [0.29, 0.717) is 18.3 Å². The topological polar surface area (TPSA) is 26.3 Å². The molecule has 1 saturated heterocycles. The van der Waals surface area contributed by atoms with Gasteiger partial charge in [0.1, 0.15) is 5.60 Å². The van der Waals surface area contributed by atoms with Gasteiger partial charge in [-0.1, -0.05) is 54.4 Å². The number of rotatable bonds is 5. The molecule has 3 atom stereocenters. The minimum Gasteiger partial charge on any atom is -0.459 e. The van der Waals surface area contributed by atoms with E-state index in [1.165, 1.54) is 0 Å². The molecular formula is C18H34O2. The van der Waals surface area contributed by atoms with Gasteiger partial charge in [0.15, 0.2) is 0 Å². The molecule has 0 spiro atoms. The summed E-state index contributed by atoms with van der Waals surface area (Å²) in [6, 6.07) is 0. The molecule has 0 amide bonds. The Kier molecular flexibility index (Phi) is 4.99. The van der Waals surface area contributed by atoms with Crippen molar-refractivity contribution < 1.29 is 9.53 Å². The molecule has 0 aromatic carbocycles. The van der Waals surface area contributed by atoms with Gasteiger partial charge in [-0.2, -0.15) is 0 Å². The van der Waals surface area contributed by atoms with E-state index < -0.39 is 0 Å². The maximum Gasteiger partial charge on any atom is 0.306 e. The fraction of sp³-hybridized carbons (Fsp3) is 0.944. The first-order valence-electron chi connectivity index (χ1n) is 8.20. The molecule has 2 heteroatoms. The maximum atomic E-state index is 11.9. The summed E-state index contributed by atoms with van der Waals surface area (Å²) < 4.78 is 5.62. The molecule has 0 aromatic rings. The summed E-state index contributed by atoms with van der Waals surface area (Å²) in [7, 11) is 0. The van der Waals surface area contributed by atoms with Crippen LogP contribution in [0.25, 0.3) is 0 Å². The number of ether oxygens (including phenoxy) is 1. The molecule has 118 valence electrons. The third kappa shape index (κ3) is 3.20. The van der Waals surface area contributed by atoms with Gasteiger partial charge in [0.05, 0.1) is 6.42 Å². The summed E-state index contributed by atoms with van der Waals surface area (Å²) >= 11 is 0. The number of carbonyl (C=O) groups is 1. The van der Waals surface area contributed by atoms with Gasteiger partial charge in [-0.05, 0) is 37.0 Å². The van der Waals surface area contributed by atoms with E-state index in [2.05, 4.69) is 55.4 Å². The van der Waals surface area contributed by atoms with Crippen LogP contribution < -0.4 is 0 Å². The highest BCUT2D eigenvalue weighted by Crippen LogP contribution is 2.56. The molecule has 0 saturated carbocycles. The molecule has 1 heterocycles. The van der Waals surface area contributed by atoms with E-state index in [0.717, 1.165) is 19.3 Å². The van der Waals surface area contributed by atoms with E-state index >= 15 is 0 Å². The summed E-state index contributed by atoms with van der Waals surface area (Å²) in [5.74, 6) is 0.881. The third-order valence-corrected chi connectivity index (χ3v) is 5.42. The van der Waals surface area contributed by atoms with Gasteiger partial charge >= 0.3 is 5.97 Å². The third-order valence-electron chi connectivity index (χ3n) is 5.42. The van der Waals surface area contributed by atoms with Gasteiger partial charge < -0.3 is 4.74 Å². The van der Waals surface area contributed by atoms with Crippen molar-refractivity contribution in [1.82, 2.24) is 0 Å². The highest BCUT2D eigenvalue weighted by molar-refractivity contribution is 5.73. The molecule has 0 bridgehead atoms. The van der Waals surface area contributed by atoms with Crippen molar-refractivity contribution in [2.75, 3.05) is 0 Å². The smallest absolute Gasteiger partial charge is 0.306 e. The van der Waals surface area contributed by atoms with E-state index in [9.17, 15) is 4.79 Å². The lowest BCUT2D eigenvalue weighted by molar-refractivity contribution is -0.148. The van der Waals surface area contributed by atoms with Crippen LogP contribution >= 0.6 is 0 Å². The average molecular weight is 282 g/mol. The summed E-state index contributed by atoms with van der Waals surface area (Å²) in [6.45, 7) is 18.1. The second kappa shape index (κ2) is 5.69. The molecule has 0 radical (unpaired) electrons. The molecule has 0 aromatic heterocycles. The standard InChI is InChI=1S/C18H34O2/c1-9-11-18(8,13(10-2)16(3,4)5)14-12-15(19)20-17(14,6)7/h13-14H,9-12H2,1-8H3. The van der Waals surface area contributed by atoms with Crippen molar-refractivity contribution >= 4 is 5.97 Å². The van der Waals surface area contributed by atoms with Crippen molar-refractivity contribution in [3.8, 4) is 0 Å². The van der Waals surface area contributed by atoms with E-state index in [4.69, 9.17) is 4.74 Å². The second-order valence-electron chi connectivity index (χ2n) is 8.42. The zero-order chi connectivity index (χ0) is 15.8. The predicted molar refractivity (Wildman–Crippen MR) is 84.5 cm³/mol. The van der Waals surface area contributed by atoms with Gasteiger partial charge in [-0.25, -0.2) is 0 Å². The van der Waals surface area contributed by atoms with Crippen molar-refractivity contribution in [3.05, 3.63) is 0 Å². The van der Waals surface area contributed by atoms with Gasteiger partial charge in [-0.3, -0.25) is 4.79 Å². The monoisotopic (exact) mass is 282 g/mol. The van der Waals surface area contributed by atoms with E-state index in [1.807, 2.05) is 0 Å². The average Bonchev–Trinajstić information content (AvgIpc) is 2.51. The number of esters is 1. The SMILES string of the molecule is CCCC(C)(C(CC)C(C)(C)C)C1CC(=O)OC1(C)C. The van der Waals surface area contributed by atoms with Crippen molar-refractivity contribution in [2.45, 2.75) is 86.7 Å². The second-order valence-corrected chi connectivity index (χ2v) is 8.42. The van der Waals surface area contributed by atoms with Crippen molar-refractivity contribution in [2.24, 2.45) is 22.7 Å². The molecule has 2 nitrogen and oxygen atoms in total. The lowest BCUT2D eigenvalue weighted by Crippen LogP contribution is -2.47. The normalized spacial score (nSPS) is 27.0. The molecule has 1 aliphatic rings. The van der Waals surface area contributed by atoms with Crippen LogP contribution in [0.1, 0.15) is 81.1 Å². The molecule has 20 heavy (non-hydrogen) atoms. The van der Waals surface area contributed by atoms with E-state index in [1.54, 1.807) is 0 Å². The fourth-order valence-corrected chi connectivity index (χ4v) is 5.04. The Bertz CT molecular complexity index is 351. The summed E-state index contributed by atoms with van der Waals surface area (Å²) in [5.41, 5.74) is 0.0669. The molecule has 1 aliphatic heterocycles. The molecule has 0 N–H and O–H groups in total. The number of hydrogen-bond acceptors (Lipinski definition) is 2. The summed E-state index contributed by atoms with van der Waals surface area (Å²) in [5, 5.41) is 0. The van der Waals surface area contributed by atoms with Gasteiger partial charge in [-0.15, -0.1) is 0 Å². The summed E-state index contributed by atoms with van der Waals surface area (Å²) in [6.07, 6.45) is 4.05. The fourth-order valence-electron chi connectivity index (χ4n) is 5.04. The zero-order valence-electron chi connectivity index (χ0n) is 14.8. The van der Waals surface area contributed by atoms with Gasteiger partial charge in [0.25, 0.3) is 0 Å². The highest BCUT2D eigenvalue weighted by Gasteiger charge is 2.55. The molecule has 3 unspecified atom stereocenters. The van der Waals surface area contributed by atoms with Crippen LogP contribution in [0.15, 0.2) is 0 Å². The van der Waals surface area contributed by atoms with Crippen LogP contribution in [0.2, 0.25) is 0 Å². The van der Waals surface area contributed by atoms with Crippen LogP contribution in [-0.4, -0.2) is 11.6 Å². The molecule has 1 fully saturated rings. The Labute approximate surface area is 125 Å². The first kappa shape index (κ1) is 17.5. The predicted octanol–water partition coefficient (Wildman–Crippen LogP) is 5.21.